The van der Waals surface area contributed by atoms with Crippen LogP contribution in [-0.4, -0.2) is 0 Å². The fraction of sp³-hybridized carbons (Fsp3) is 0.167. The van der Waals surface area contributed by atoms with Gasteiger partial charge >= 0.3 is 0 Å². The Morgan fingerprint density at radius 3 is 2.87 bits per heavy atom. The first-order valence-corrected chi connectivity index (χ1v) is 6.53. The Morgan fingerprint density at radius 2 is 2.20 bits per heavy atom. The van der Waals surface area contributed by atoms with Crippen LogP contribution < -0.4 is 5.32 Å². The second-order valence-corrected chi connectivity index (χ2v) is 5.13. The number of nitrogens with one attached hydrogen (secondary N) is 1. The van der Waals surface area contributed by atoms with E-state index < -0.39 is 0 Å². The number of rotatable bonds is 3. The maximum atomic E-state index is 3.48. The third kappa shape index (κ3) is 2.83. The third-order valence-electron chi connectivity index (χ3n) is 2.25. The van der Waals surface area contributed by atoms with Crippen molar-refractivity contribution < 1.29 is 0 Å². The van der Waals surface area contributed by atoms with Crippen molar-refractivity contribution in [3.8, 4) is 0 Å². The van der Waals surface area contributed by atoms with Gasteiger partial charge < -0.3 is 5.32 Å². The summed E-state index contributed by atoms with van der Waals surface area (Å²) in [4.78, 5) is 0. The van der Waals surface area contributed by atoms with E-state index in [1.807, 2.05) is 6.07 Å². The standard InChI is InChI=1S/C12H12BrNS/c1-9(14-12-5-6-15-8-12)10-3-2-4-11(13)7-10/h2-9,14H,1H3. The van der Waals surface area contributed by atoms with E-state index in [0.29, 0.717) is 6.04 Å². The van der Waals surface area contributed by atoms with Crippen molar-refractivity contribution in [1.29, 1.82) is 0 Å². The summed E-state index contributed by atoms with van der Waals surface area (Å²) in [6.45, 7) is 2.17. The molecular formula is C12H12BrNS. The summed E-state index contributed by atoms with van der Waals surface area (Å²) in [5.41, 5.74) is 2.48. The van der Waals surface area contributed by atoms with Gasteiger partial charge in [-0.2, -0.15) is 11.3 Å². The summed E-state index contributed by atoms with van der Waals surface area (Å²) >= 11 is 5.19. The molecule has 1 aromatic heterocycles. The summed E-state index contributed by atoms with van der Waals surface area (Å²) in [5, 5.41) is 7.65. The maximum Gasteiger partial charge on any atom is 0.0486 e. The van der Waals surface area contributed by atoms with Gasteiger partial charge in [0, 0.05) is 21.6 Å². The summed E-state index contributed by atoms with van der Waals surface area (Å²) in [6.07, 6.45) is 0. The molecule has 0 radical (unpaired) electrons. The van der Waals surface area contributed by atoms with Gasteiger partial charge in [-0.15, -0.1) is 0 Å². The van der Waals surface area contributed by atoms with Gasteiger partial charge in [-0.05, 0) is 36.1 Å². The molecule has 2 rings (SSSR count). The van der Waals surface area contributed by atoms with Crippen LogP contribution in [0.2, 0.25) is 0 Å². The topological polar surface area (TPSA) is 12.0 Å². The van der Waals surface area contributed by atoms with Crippen molar-refractivity contribution in [3.63, 3.8) is 0 Å². The monoisotopic (exact) mass is 281 g/mol. The Morgan fingerprint density at radius 1 is 1.33 bits per heavy atom. The Balaban J connectivity index is 2.11. The molecule has 1 aromatic carbocycles. The quantitative estimate of drug-likeness (QED) is 0.861. The van der Waals surface area contributed by atoms with Gasteiger partial charge in [0.2, 0.25) is 0 Å². The van der Waals surface area contributed by atoms with E-state index >= 15 is 0 Å². The lowest BCUT2D eigenvalue weighted by Gasteiger charge is -2.14. The average Bonchev–Trinajstić information content (AvgIpc) is 2.70. The SMILES string of the molecule is CC(Nc1ccsc1)c1cccc(Br)c1. The fourth-order valence-electron chi connectivity index (χ4n) is 1.46. The van der Waals surface area contributed by atoms with Crippen LogP contribution in [0.5, 0.6) is 0 Å². The van der Waals surface area contributed by atoms with E-state index in [9.17, 15) is 0 Å². The minimum atomic E-state index is 0.331. The molecule has 0 aliphatic rings. The van der Waals surface area contributed by atoms with E-state index in [1.165, 1.54) is 11.3 Å². The molecule has 1 atom stereocenters. The lowest BCUT2D eigenvalue weighted by Crippen LogP contribution is -2.05. The van der Waals surface area contributed by atoms with Crippen LogP contribution in [0.3, 0.4) is 0 Å². The lowest BCUT2D eigenvalue weighted by atomic mass is 10.1. The van der Waals surface area contributed by atoms with Gasteiger partial charge in [-0.1, -0.05) is 28.1 Å². The van der Waals surface area contributed by atoms with Gasteiger partial charge in [-0.25, -0.2) is 0 Å². The molecule has 0 amide bonds. The molecule has 0 saturated carbocycles. The predicted molar refractivity (Wildman–Crippen MR) is 70.5 cm³/mol. The minimum absolute atomic E-state index is 0.331. The molecule has 1 N–H and O–H groups in total. The molecule has 78 valence electrons. The van der Waals surface area contributed by atoms with E-state index in [2.05, 4.69) is 63.2 Å². The number of thiophene rings is 1. The number of benzene rings is 1. The molecule has 0 fully saturated rings. The molecule has 0 aliphatic heterocycles. The van der Waals surface area contributed by atoms with Gasteiger partial charge in [0.05, 0.1) is 0 Å². The Bertz CT molecular complexity index is 425. The van der Waals surface area contributed by atoms with E-state index in [1.54, 1.807) is 11.3 Å². The molecule has 0 bridgehead atoms. The van der Waals surface area contributed by atoms with Crippen LogP contribution in [0.4, 0.5) is 5.69 Å². The van der Waals surface area contributed by atoms with Crippen LogP contribution in [0, 0.1) is 0 Å². The second kappa shape index (κ2) is 4.81. The van der Waals surface area contributed by atoms with Gasteiger partial charge in [-0.3, -0.25) is 0 Å². The minimum Gasteiger partial charge on any atom is -0.378 e. The summed E-state index contributed by atoms with van der Waals surface area (Å²) in [6, 6.07) is 10.8. The highest BCUT2D eigenvalue weighted by Crippen LogP contribution is 2.23. The molecule has 0 saturated heterocycles. The van der Waals surface area contributed by atoms with Crippen LogP contribution in [0.1, 0.15) is 18.5 Å². The van der Waals surface area contributed by atoms with Crippen LogP contribution in [0.25, 0.3) is 0 Å². The molecule has 15 heavy (non-hydrogen) atoms. The molecular weight excluding hydrogens is 270 g/mol. The Kier molecular flexibility index (Phi) is 3.44. The van der Waals surface area contributed by atoms with Crippen LogP contribution >= 0.6 is 27.3 Å². The second-order valence-electron chi connectivity index (χ2n) is 3.43. The van der Waals surface area contributed by atoms with Crippen molar-refractivity contribution in [1.82, 2.24) is 0 Å². The number of hydrogen-bond donors (Lipinski definition) is 1. The maximum absolute atomic E-state index is 3.48. The molecule has 0 spiro atoms. The van der Waals surface area contributed by atoms with Crippen molar-refractivity contribution >= 4 is 33.0 Å². The summed E-state index contributed by atoms with van der Waals surface area (Å²) < 4.78 is 1.12. The van der Waals surface area contributed by atoms with Crippen molar-refractivity contribution in [2.75, 3.05) is 5.32 Å². The van der Waals surface area contributed by atoms with Gasteiger partial charge in [0.1, 0.15) is 0 Å². The highest BCUT2D eigenvalue weighted by molar-refractivity contribution is 9.10. The van der Waals surface area contributed by atoms with Gasteiger partial charge in [0.15, 0.2) is 0 Å². The molecule has 2 aromatic rings. The number of halogens is 1. The predicted octanol–water partition coefficient (Wildman–Crippen LogP) is 4.68. The molecule has 1 heterocycles. The van der Waals surface area contributed by atoms with E-state index in [0.717, 1.165) is 4.47 Å². The number of anilines is 1. The van der Waals surface area contributed by atoms with Crippen LogP contribution in [0.15, 0.2) is 45.6 Å². The van der Waals surface area contributed by atoms with E-state index in [-0.39, 0.29) is 0 Å². The highest BCUT2D eigenvalue weighted by Gasteiger charge is 2.05. The van der Waals surface area contributed by atoms with Crippen molar-refractivity contribution in [3.05, 3.63) is 51.1 Å². The summed E-state index contributed by atoms with van der Waals surface area (Å²) in [5.74, 6) is 0. The zero-order valence-corrected chi connectivity index (χ0v) is 10.8. The smallest absolute Gasteiger partial charge is 0.0486 e. The average molecular weight is 282 g/mol. The van der Waals surface area contributed by atoms with Crippen molar-refractivity contribution in [2.24, 2.45) is 0 Å². The third-order valence-corrected chi connectivity index (χ3v) is 3.43. The van der Waals surface area contributed by atoms with E-state index in [4.69, 9.17) is 0 Å². The zero-order valence-electron chi connectivity index (χ0n) is 8.41. The molecule has 1 unspecified atom stereocenters. The normalized spacial score (nSPS) is 12.4. The molecule has 0 aliphatic carbocycles. The first kappa shape index (κ1) is 10.7. The van der Waals surface area contributed by atoms with Crippen molar-refractivity contribution in [2.45, 2.75) is 13.0 Å². The Hall–Kier alpha value is -0.800. The van der Waals surface area contributed by atoms with Crippen LogP contribution in [-0.2, 0) is 0 Å². The first-order valence-electron chi connectivity index (χ1n) is 4.80. The molecule has 1 nitrogen and oxygen atoms in total. The van der Waals surface area contributed by atoms with Gasteiger partial charge in [0.25, 0.3) is 0 Å². The largest absolute Gasteiger partial charge is 0.378 e. The Labute approximate surface area is 102 Å². The first-order chi connectivity index (χ1) is 7.25. The summed E-state index contributed by atoms with van der Waals surface area (Å²) in [7, 11) is 0. The molecule has 3 heteroatoms. The zero-order chi connectivity index (χ0) is 10.7. The lowest BCUT2D eigenvalue weighted by molar-refractivity contribution is 0.885. The highest BCUT2D eigenvalue weighted by atomic mass is 79.9. The number of hydrogen-bond acceptors (Lipinski definition) is 2. The fourth-order valence-corrected chi connectivity index (χ4v) is 2.47.